The van der Waals surface area contributed by atoms with Crippen molar-refractivity contribution in [1.82, 2.24) is 5.32 Å². The van der Waals surface area contributed by atoms with Gasteiger partial charge in [0.2, 0.25) is 5.91 Å². The van der Waals surface area contributed by atoms with Crippen LogP contribution in [-0.2, 0) is 26.9 Å². The Morgan fingerprint density at radius 3 is 2.52 bits per heavy atom. The Balaban J connectivity index is 1.97. The molecule has 1 amide bonds. The second kappa shape index (κ2) is 8.31. The Bertz CT molecular complexity index is 853. The fourth-order valence-electron chi connectivity index (χ4n) is 2.20. The summed E-state index contributed by atoms with van der Waals surface area (Å²) in [5.74, 6) is -1.65. The lowest BCUT2D eigenvalue weighted by atomic mass is 10.2. The van der Waals surface area contributed by atoms with Gasteiger partial charge in [-0.15, -0.1) is 0 Å². The molecule has 0 unspecified atom stereocenters. The molecule has 2 aromatic rings. The topological polar surface area (TPSA) is 72.5 Å². The van der Waals surface area contributed by atoms with Gasteiger partial charge in [-0.25, -0.2) is 12.8 Å². The molecule has 5 nitrogen and oxygen atoms in total. The number of amides is 1. The van der Waals surface area contributed by atoms with Gasteiger partial charge < -0.3 is 10.1 Å². The minimum Gasteiger partial charge on any atom is -0.496 e. The SMILES string of the molecule is COc1ccc(Cl)cc1CS(=O)(=O)CC(=O)NCc1ccc(F)cc1. The lowest BCUT2D eigenvalue weighted by Gasteiger charge is -2.10. The zero-order valence-corrected chi connectivity index (χ0v) is 15.0. The molecule has 25 heavy (non-hydrogen) atoms. The molecule has 1 N–H and O–H groups in total. The van der Waals surface area contributed by atoms with Crippen molar-refractivity contribution < 1.29 is 22.3 Å². The van der Waals surface area contributed by atoms with Crippen LogP contribution in [0.1, 0.15) is 11.1 Å². The maximum absolute atomic E-state index is 12.8. The molecule has 2 rings (SSSR count). The number of sulfone groups is 1. The van der Waals surface area contributed by atoms with Gasteiger partial charge in [0.05, 0.1) is 12.9 Å². The van der Waals surface area contributed by atoms with E-state index in [1.165, 1.54) is 37.4 Å². The summed E-state index contributed by atoms with van der Waals surface area (Å²) in [6.45, 7) is 0.120. The van der Waals surface area contributed by atoms with Crippen molar-refractivity contribution in [1.29, 1.82) is 0 Å². The van der Waals surface area contributed by atoms with Gasteiger partial charge in [0, 0.05) is 17.1 Å². The molecular formula is C17H17ClFNO4S. The van der Waals surface area contributed by atoms with E-state index in [9.17, 15) is 17.6 Å². The summed E-state index contributed by atoms with van der Waals surface area (Å²) in [5.41, 5.74) is 1.06. The summed E-state index contributed by atoms with van der Waals surface area (Å²) in [5, 5.41) is 2.88. The van der Waals surface area contributed by atoms with E-state index < -0.39 is 21.5 Å². The van der Waals surface area contributed by atoms with Gasteiger partial charge in [-0.2, -0.15) is 0 Å². The van der Waals surface area contributed by atoms with Crippen LogP contribution >= 0.6 is 11.6 Å². The fourth-order valence-corrected chi connectivity index (χ4v) is 3.70. The van der Waals surface area contributed by atoms with Crippen LogP contribution in [0, 0.1) is 5.82 Å². The van der Waals surface area contributed by atoms with Crippen molar-refractivity contribution in [2.75, 3.05) is 12.9 Å². The van der Waals surface area contributed by atoms with Crippen molar-refractivity contribution in [3.8, 4) is 5.75 Å². The molecule has 0 saturated carbocycles. The number of hydrogen-bond donors (Lipinski definition) is 1. The predicted molar refractivity (Wildman–Crippen MR) is 93.7 cm³/mol. The highest BCUT2D eigenvalue weighted by atomic mass is 35.5. The van der Waals surface area contributed by atoms with Gasteiger partial charge in [-0.3, -0.25) is 4.79 Å². The van der Waals surface area contributed by atoms with Gasteiger partial charge in [0.1, 0.15) is 17.3 Å². The van der Waals surface area contributed by atoms with Crippen LogP contribution in [0.5, 0.6) is 5.75 Å². The van der Waals surface area contributed by atoms with Crippen molar-refractivity contribution >= 4 is 27.3 Å². The highest BCUT2D eigenvalue weighted by molar-refractivity contribution is 7.91. The van der Waals surface area contributed by atoms with Crippen LogP contribution in [0.15, 0.2) is 42.5 Å². The van der Waals surface area contributed by atoms with Gasteiger partial charge in [-0.05, 0) is 35.9 Å². The van der Waals surface area contributed by atoms with Crippen molar-refractivity contribution in [3.05, 3.63) is 64.4 Å². The van der Waals surface area contributed by atoms with Crippen molar-refractivity contribution in [2.24, 2.45) is 0 Å². The molecule has 134 valence electrons. The van der Waals surface area contributed by atoms with Crippen LogP contribution < -0.4 is 10.1 Å². The average molecular weight is 386 g/mol. The van der Waals surface area contributed by atoms with E-state index in [1.807, 2.05) is 0 Å². The van der Waals surface area contributed by atoms with E-state index >= 15 is 0 Å². The Labute approximate surface area is 150 Å². The highest BCUT2D eigenvalue weighted by Crippen LogP contribution is 2.24. The molecule has 0 bridgehead atoms. The Morgan fingerprint density at radius 1 is 1.20 bits per heavy atom. The Kier molecular flexibility index (Phi) is 6.39. The zero-order chi connectivity index (χ0) is 18.4. The van der Waals surface area contributed by atoms with Gasteiger partial charge in [0.15, 0.2) is 9.84 Å². The van der Waals surface area contributed by atoms with Crippen LogP contribution in [-0.4, -0.2) is 27.2 Å². The van der Waals surface area contributed by atoms with Crippen LogP contribution in [0.3, 0.4) is 0 Å². The first kappa shape index (κ1) is 19.2. The largest absolute Gasteiger partial charge is 0.496 e. The monoisotopic (exact) mass is 385 g/mol. The highest BCUT2D eigenvalue weighted by Gasteiger charge is 2.19. The molecule has 0 aliphatic rings. The second-order valence-electron chi connectivity index (χ2n) is 5.39. The molecule has 0 spiro atoms. The third kappa shape index (κ3) is 6.03. The minimum absolute atomic E-state index is 0.120. The summed E-state index contributed by atoms with van der Waals surface area (Å²) in [6.07, 6.45) is 0. The number of halogens is 2. The van der Waals surface area contributed by atoms with Crippen LogP contribution in [0.4, 0.5) is 4.39 Å². The fraction of sp³-hybridized carbons (Fsp3) is 0.235. The van der Waals surface area contributed by atoms with Crippen molar-refractivity contribution in [2.45, 2.75) is 12.3 Å². The standard InChI is InChI=1S/C17H17ClFNO4S/c1-24-16-7-4-14(18)8-13(16)10-25(22,23)11-17(21)20-9-12-2-5-15(19)6-3-12/h2-8H,9-11H2,1H3,(H,20,21). The van der Waals surface area contributed by atoms with E-state index in [4.69, 9.17) is 16.3 Å². The number of benzene rings is 2. The van der Waals surface area contributed by atoms with Crippen LogP contribution in [0.2, 0.25) is 5.02 Å². The van der Waals surface area contributed by atoms with Crippen LogP contribution in [0.25, 0.3) is 0 Å². The number of carbonyl (C=O) groups excluding carboxylic acids is 1. The van der Waals surface area contributed by atoms with E-state index in [0.29, 0.717) is 21.9 Å². The number of nitrogens with one attached hydrogen (secondary N) is 1. The lowest BCUT2D eigenvalue weighted by molar-refractivity contribution is -0.118. The van der Waals surface area contributed by atoms with E-state index in [0.717, 1.165) is 0 Å². The normalized spacial score (nSPS) is 11.2. The molecule has 2 aromatic carbocycles. The second-order valence-corrected chi connectivity index (χ2v) is 7.89. The number of carbonyl (C=O) groups is 1. The predicted octanol–water partition coefficient (Wildman–Crippen LogP) is 2.72. The van der Waals surface area contributed by atoms with E-state index in [-0.39, 0.29) is 18.1 Å². The molecule has 0 aliphatic heterocycles. The molecular weight excluding hydrogens is 369 g/mol. The molecule has 0 aromatic heterocycles. The first-order chi connectivity index (χ1) is 11.8. The average Bonchev–Trinajstić information content (AvgIpc) is 2.53. The maximum Gasteiger partial charge on any atom is 0.235 e. The lowest BCUT2D eigenvalue weighted by Crippen LogP contribution is -2.30. The number of methoxy groups -OCH3 is 1. The third-order valence-corrected chi connectivity index (χ3v) is 5.06. The molecule has 8 heteroatoms. The summed E-state index contributed by atoms with van der Waals surface area (Å²) in [6, 6.07) is 10.2. The molecule has 0 aliphatic carbocycles. The number of ether oxygens (including phenoxy) is 1. The number of hydrogen-bond acceptors (Lipinski definition) is 4. The van der Waals surface area contributed by atoms with E-state index in [1.54, 1.807) is 12.1 Å². The molecule has 0 fully saturated rings. The first-order valence-electron chi connectivity index (χ1n) is 7.33. The Morgan fingerprint density at radius 2 is 1.88 bits per heavy atom. The molecule has 0 heterocycles. The van der Waals surface area contributed by atoms with Gasteiger partial charge in [0.25, 0.3) is 0 Å². The maximum atomic E-state index is 12.8. The van der Waals surface area contributed by atoms with Gasteiger partial charge in [-0.1, -0.05) is 23.7 Å². The number of rotatable bonds is 7. The summed E-state index contributed by atoms with van der Waals surface area (Å²) in [4.78, 5) is 11.9. The zero-order valence-electron chi connectivity index (χ0n) is 13.5. The van der Waals surface area contributed by atoms with Crippen molar-refractivity contribution in [3.63, 3.8) is 0 Å². The molecule has 0 radical (unpaired) electrons. The summed E-state index contributed by atoms with van der Waals surface area (Å²) in [7, 11) is -2.28. The molecule has 0 atom stereocenters. The quantitative estimate of drug-likeness (QED) is 0.795. The van der Waals surface area contributed by atoms with E-state index in [2.05, 4.69) is 5.32 Å². The third-order valence-electron chi connectivity index (χ3n) is 3.37. The van der Waals surface area contributed by atoms with Gasteiger partial charge >= 0.3 is 0 Å². The Hall–Kier alpha value is -2.12. The molecule has 0 saturated heterocycles. The summed E-state index contributed by atoms with van der Waals surface area (Å²) < 4.78 is 42.4. The smallest absolute Gasteiger partial charge is 0.235 e. The summed E-state index contributed by atoms with van der Waals surface area (Å²) >= 11 is 5.88. The first-order valence-corrected chi connectivity index (χ1v) is 9.53. The minimum atomic E-state index is -3.71.